The molecule has 5 nitrogen and oxygen atoms in total. The quantitative estimate of drug-likeness (QED) is 0.832. The first-order chi connectivity index (χ1) is 9.69. The van der Waals surface area contributed by atoms with E-state index in [1.54, 1.807) is 13.3 Å². The van der Waals surface area contributed by atoms with Gasteiger partial charge in [0, 0.05) is 30.9 Å². The van der Waals surface area contributed by atoms with Crippen LogP contribution in [0.25, 0.3) is 0 Å². The van der Waals surface area contributed by atoms with Gasteiger partial charge in [-0.2, -0.15) is 4.98 Å². The third-order valence-corrected chi connectivity index (χ3v) is 3.73. The summed E-state index contributed by atoms with van der Waals surface area (Å²) in [6.07, 6.45) is 6.86. The van der Waals surface area contributed by atoms with Crippen LogP contribution >= 0.6 is 0 Å². The zero-order chi connectivity index (χ0) is 14.4. The summed E-state index contributed by atoms with van der Waals surface area (Å²) in [5, 5.41) is 7.31. The molecule has 1 aliphatic rings. The molecule has 1 saturated carbocycles. The Balaban J connectivity index is 1.90. The van der Waals surface area contributed by atoms with E-state index in [1.807, 2.05) is 6.07 Å². The first kappa shape index (κ1) is 15.2. The van der Waals surface area contributed by atoms with E-state index in [9.17, 15) is 0 Å². The number of aromatic nitrogens is 2. The molecule has 0 aliphatic heterocycles. The maximum atomic E-state index is 5.06. The average molecular weight is 278 g/mol. The van der Waals surface area contributed by atoms with Gasteiger partial charge in [-0.3, -0.25) is 0 Å². The molecule has 0 amide bonds. The molecule has 2 unspecified atom stereocenters. The molecule has 1 aromatic heterocycles. The normalized spacial score (nSPS) is 23.0. The highest BCUT2D eigenvalue weighted by Crippen LogP contribution is 2.19. The summed E-state index contributed by atoms with van der Waals surface area (Å²) in [5.74, 6) is 0. The predicted octanol–water partition coefficient (Wildman–Crippen LogP) is 1.88. The lowest BCUT2D eigenvalue weighted by Crippen LogP contribution is -2.51. The van der Waals surface area contributed by atoms with Crippen LogP contribution in [0.15, 0.2) is 12.3 Å². The van der Waals surface area contributed by atoms with Crippen LogP contribution in [0.4, 0.5) is 0 Å². The number of nitrogens with zero attached hydrogens (tertiary/aromatic N) is 2. The molecule has 0 spiro atoms. The van der Waals surface area contributed by atoms with Crippen LogP contribution in [0, 0.1) is 0 Å². The highest BCUT2D eigenvalue weighted by molar-refractivity contribution is 5.05. The van der Waals surface area contributed by atoms with Crippen molar-refractivity contribution < 1.29 is 4.74 Å². The van der Waals surface area contributed by atoms with Crippen molar-refractivity contribution in [3.8, 4) is 6.01 Å². The molecule has 2 rings (SSSR count). The average Bonchev–Trinajstić information content (AvgIpc) is 2.46. The van der Waals surface area contributed by atoms with E-state index in [-0.39, 0.29) is 0 Å². The summed E-state index contributed by atoms with van der Waals surface area (Å²) in [7, 11) is 1.59. The molecular formula is C15H26N4O. The molecule has 2 N–H and O–H groups in total. The van der Waals surface area contributed by atoms with E-state index in [1.165, 1.54) is 25.7 Å². The van der Waals surface area contributed by atoms with Crippen LogP contribution in [-0.2, 0) is 6.54 Å². The van der Waals surface area contributed by atoms with E-state index >= 15 is 0 Å². The third-order valence-electron chi connectivity index (χ3n) is 3.73. The Hall–Kier alpha value is -1.20. The van der Waals surface area contributed by atoms with Crippen LogP contribution in [-0.4, -0.2) is 35.2 Å². The number of hydrogen-bond acceptors (Lipinski definition) is 5. The smallest absolute Gasteiger partial charge is 0.316 e. The van der Waals surface area contributed by atoms with Crippen molar-refractivity contribution in [1.82, 2.24) is 20.6 Å². The van der Waals surface area contributed by atoms with Crippen molar-refractivity contribution >= 4 is 0 Å². The zero-order valence-electron chi connectivity index (χ0n) is 12.7. The number of ether oxygens (including phenoxy) is 1. The standard InChI is InChI=1S/C15H26N4O/c1-11(2)18-14-7-5-4-6-13(14)17-10-12-8-9-16-15(19-12)20-3/h8-9,11,13-14,17-18H,4-7,10H2,1-3H3. The maximum Gasteiger partial charge on any atom is 0.316 e. The predicted molar refractivity (Wildman–Crippen MR) is 79.7 cm³/mol. The van der Waals surface area contributed by atoms with E-state index in [2.05, 4.69) is 34.4 Å². The third kappa shape index (κ3) is 4.42. The lowest BCUT2D eigenvalue weighted by Gasteiger charge is -2.34. The molecule has 20 heavy (non-hydrogen) atoms. The van der Waals surface area contributed by atoms with Gasteiger partial charge in [-0.05, 0) is 18.9 Å². The van der Waals surface area contributed by atoms with E-state index in [4.69, 9.17) is 4.74 Å². The summed E-state index contributed by atoms with van der Waals surface area (Å²) in [6.45, 7) is 5.18. The minimum atomic E-state index is 0.435. The number of methoxy groups -OCH3 is 1. The van der Waals surface area contributed by atoms with Gasteiger partial charge >= 0.3 is 6.01 Å². The summed E-state index contributed by atoms with van der Waals surface area (Å²) >= 11 is 0. The molecule has 0 aromatic carbocycles. The Bertz CT molecular complexity index is 411. The summed E-state index contributed by atoms with van der Waals surface area (Å²) in [4.78, 5) is 8.38. The van der Waals surface area contributed by atoms with Crippen molar-refractivity contribution in [2.45, 2.75) is 64.2 Å². The Kier molecular flexibility index (Phi) is 5.73. The second kappa shape index (κ2) is 7.55. The molecule has 0 bridgehead atoms. The molecular weight excluding hydrogens is 252 g/mol. The highest BCUT2D eigenvalue weighted by Gasteiger charge is 2.24. The van der Waals surface area contributed by atoms with Crippen molar-refractivity contribution in [3.05, 3.63) is 18.0 Å². The maximum absolute atomic E-state index is 5.06. The van der Waals surface area contributed by atoms with Crippen LogP contribution in [0.5, 0.6) is 6.01 Å². The lowest BCUT2D eigenvalue weighted by atomic mass is 9.89. The Labute approximate surface area is 121 Å². The SMILES string of the molecule is COc1nccc(CNC2CCCCC2NC(C)C)n1. The van der Waals surface area contributed by atoms with Gasteiger partial charge in [0.2, 0.25) is 0 Å². The van der Waals surface area contributed by atoms with Gasteiger partial charge in [0.15, 0.2) is 0 Å². The van der Waals surface area contributed by atoms with Crippen LogP contribution in [0.1, 0.15) is 45.2 Å². The molecule has 1 aromatic rings. The Morgan fingerprint density at radius 2 is 2.05 bits per heavy atom. The van der Waals surface area contributed by atoms with Crippen molar-refractivity contribution in [2.24, 2.45) is 0 Å². The monoisotopic (exact) mass is 278 g/mol. The van der Waals surface area contributed by atoms with E-state index in [0.29, 0.717) is 24.1 Å². The fourth-order valence-corrected chi connectivity index (χ4v) is 2.81. The lowest BCUT2D eigenvalue weighted by molar-refractivity contribution is 0.268. The largest absolute Gasteiger partial charge is 0.467 e. The van der Waals surface area contributed by atoms with Gasteiger partial charge in [-0.25, -0.2) is 4.98 Å². The highest BCUT2D eigenvalue weighted by atomic mass is 16.5. The first-order valence-corrected chi connectivity index (χ1v) is 7.54. The molecule has 1 aliphatic carbocycles. The Morgan fingerprint density at radius 1 is 1.30 bits per heavy atom. The van der Waals surface area contributed by atoms with Crippen molar-refractivity contribution in [3.63, 3.8) is 0 Å². The van der Waals surface area contributed by atoms with Gasteiger partial charge in [-0.1, -0.05) is 26.7 Å². The first-order valence-electron chi connectivity index (χ1n) is 7.54. The van der Waals surface area contributed by atoms with E-state index < -0.39 is 0 Å². The number of nitrogens with one attached hydrogen (secondary N) is 2. The summed E-state index contributed by atoms with van der Waals surface area (Å²) < 4.78 is 5.06. The second-order valence-corrected chi connectivity index (χ2v) is 5.73. The van der Waals surface area contributed by atoms with E-state index in [0.717, 1.165) is 12.2 Å². The van der Waals surface area contributed by atoms with Crippen LogP contribution < -0.4 is 15.4 Å². The summed E-state index contributed by atoms with van der Waals surface area (Å²) in [6, 6.07) is 3.98. The van der Waals surface area contributed by atoms with Crippen LogP contribution in [0.2, 0.25) is 0 Å². The minimum Gasteiger partial charge on any atom is -0.467 e. The van der Waals surface area contributed by atoms with Gasteiger partial charge in [-0.15, -0.1) is 0 Å². The fraction of sp³-hybridized carbons (Fsp3) is 0.733. The summed E-state index contributed by atoms with van der Waals surface area (Å²) in [5.41, 5.74) is 0.978. The number of rotatable bonds is 6. The molecule has 0 saturated heterocycles. The van der Waals surface area contributed by atoms with Crippen molar-refractivity contribution in [1.29, 1.82) is 0 Å². The van der Waals surface area contributed by atoms with Crippen LogP contribution in [0.3, 0.4) is 0 Å². The topological polar surface area (TPSA) is 59.1 Å². The number of hydrogen-bond donors (Lipinski definition) is 2. The zero-order valence-corrected chi connectivity index (χ0v) is 12.7. The molecule has 5 heteroatoms. The fourth-order valence-electron chi connectivity index (χ4n) is 2.81. The van der Waals surface area contributed by atoms with Gasteiger partial charge in [0.25, 0.3) is 0 Å². The van der Waals surface area contributed by atoms with Crippen molar-refractivity contribution in [2.75, 3.05) is 7.11 Å². The molecule has 1 heterocycles. The molecule has 1 fully saturated rings. The van der Waals surface area contributed by atoms with Gasteiger partial charge < -0.3 is 15.4 Å². The molecule has 2 atom stereocenters. The van der Waals surface area contributed by atoms with Gasteiger partial charge in [0.05, 0.1) is 12.8 Å². The molecule has 112 valence electrons. The van der Waals surface area contributed by atoms with Gasteiger partial charge in [0.1, 0.15) is 0 Å². The minimum absolute atomic E-state index is 0.435. The molecule has 0 radical (unpaired) electrons. The Morgan fingerprint density at radius 3 is 2.75 bits per heavy atom. The second-order valence-electron chi connectivity index (χ2n) is 5.73.